The molecular formula is C16H26N4. The highest BCUT2D eigenvalue weighted by atomic mass is 15.3. The summed E-state index contributed by atoms with van der Waals surface area (Å²) in [5.74, 6) is 2.87. The van der Waals surface area contributed by atoms with E-state index in [2.05, 4.69) is 22.1 Å². The van der Waals surface area contributed by atoms with Crippen molar-refractivity contribution < 1.29 is 0 Å². The molecule has 1 unspecified atom stereocenters. The minimum absolute atomic E-state index is 0.702. The molecular weight excluding hydrogens is 248 g/mol. The normalized spacial score (nSPS) is 23.4. The summed E-state index contributed by atoms with van der Waals surface area (Å²) < 4.78 is 0. The molecule has 0 spiro atoms. The molecule has 3 rings (SSSR count). The number of rotatable bonds is 5. The molecule has 0 amide bonds. The molecule has 1 aliphatic heterocycles. The van der Waals surface area contributed by atoms with E-state index in [-0.39, 0.29) is 0 Å². The Balaban J connectivity index is 1.73. The lowest BCUT2D eigenvalue weighted by Crippen LogP contribution is -2.35. The second kappa shape index (κ2) is 6.42. The molecule has 1 N–H and O–H groups in total. The van der Waals surface area contributed by atoms with E-state index >= 15 is 0 Å². The molecule has 0 aromatic carbocycles. The van der Waals surface area contributed by atoms with Crippen molar-refractivity contribution in [3.05, 3.63) is 12.4 Å². The van der Waals surface area contributed by atoms with Crippen LogP contribution in [0.25, 0.3) is 0 Å². The quantitative estimate of drug-likeness (QED) is 0.892. The summed E-state index contributed by atoms with van der Waals surface area (Å²) in [6.45, 7) is 4.28. The first-order valence-corrected chi connectivity index (χ1v) is 8.21. The van der Waals surface area contributed by atoms with Crippen molar-refractivity contribution in [3.63, 3.8) is 0 Å². The molecule has 1 aromatic heterocycles. The lowest BCUT2D eigenvalue weighted by Gasteiger charge is -2.30. The number of nitrogens with zero attached hydrogens (tertiary/aromatic N) is 3. The summed E-state index contributed by atoms with van der Waals surface area (Å²) in [4.78, 5) is 11.7. The zero-order chi connectivity index (χ0) is 13.8. The highest BCUT2D eigenvalue weighted by molar-refractivity contribution is 5.45. The molecule has 1 aromatic rings. The Bertz CT molecular complexity index is 428. The van der Waals surface area contributed by atoms with E-state index in [9.17, 15) is 0 Å². The molecule has 2 fully saturated rings. The summed E-state index contributed by atoms with van der Waals surface area (Å²) in [5, 5.41) is 3.34. The maximum atomic E-state index is 4.77. The van der Waals surface area contributed by atoms with E-state index in [1.165, 1.54) is 38.5 Å². The lowest BCUT2D eigenvalue weighted by atomic mass is 9.96. The number of nitrogens with one attached hydrogen (secondary N) is 1. The van der Waals surface area contributed by atoms with Crippen molar-refractivity contribution in [1.29, 1.82) is 0 Å². The van der Waals surface area contributed by atoms with Crippen molar-refractivity contribution in [2.24, 2.45) is 5.92 Å². The van der Waals surface area contributed by atoms with Crippen LogP contribution in [0, 0.1) is 5.92 Å². The maximum Gasteiger partial charge on any atom is 0.149 e. The SMILES string of the molecule is CCCNc1cncc(N2CCCC2C2CCCC2)n1. The van der Waals surface area contributed by atoms with Gasteiger partial charge in [0.2, 0.25) is 0 Å². The Kier molecular flexibility index (Phi) is 4.38. The first-order chi connectivity index (χ1) is 9.88. The number of hydrogen-bond donors (Lipinski definition) is 1. The van der Waals surface area contributed by atoms with Crippen LogP contribution in [0.15, 0.2) is 12.4 Å². The van der Waals surface area contributed by atoms with Crippen LogP contribution in [0.5, 0.6) is 0 Å². The number of anilines is 2. The monoisotopic (exact) mass is 274 g/mol. The van der Waals surface area contributed by atoms with Gasteiger partial charge in [-0.05, 0) is 38.0 Å². The van der Waals surface area contributed by atoms with Gasteiger partial charge in [0.1, 0.15) is 11.6 Å². The Morgan fingerprint density at radius 1 is 1.20 bits per heavy atom. The summed E-state index contributed by atoms with van der Waals surface area (Å²) in [6.07, 6.45) is 13.2. The molecule has 4 nitrogen and oxygen atoms in total. The number of aromatic nitrogens is 2. The van der Waals surface area contributed by atoms with Crippen LogP contribution in [0.3, 0.4) is 0 Å². The lowest BCUT2D eigenvalue weighted by molar-refractivity contribution is 0.429. The molecule has 1 aliphatic carbocycles. The molecule has 0 bridgehead atoms. The first-order valence-electron chi connectivity index (χ1n) is 8.21. The van der Waals surface area contributed by atoms with Gasteiger partial charge in [0, 0.05) is 19.1 Å². The Labute approximate surface area is 122 Å². The van der Waals surface area contributed by atoms with E-state index in [1.807, 2.05) is 12.4 Å². The predicted molar refractivity (Wildman–Crippen MR) is 83.1 cm³/mol. The Hall–Kier alpha value is -1.32. The molecule has 4 heteroatoms. The third-order valence-electron chi connectivity index (χ3n) is 4.72. The van der Waals surface area contributed by atoms with Crippen LogP contribution in [0.2, 0.25) is 0 Å². The standard InChI is InChI=1S/C16H26N4/c1-2-9-18-15-11-17-12-16(19-15)20-10-5-8-14(20)13-6-3-4-7-13/h11-14H,2-10H2,1H3,(H,18,19). The van der Waals surface area contributed by atoms with Crippen LogP contribution < -0.4 is 10.2 Å². The van der Waals surface area contributed by atoms with Crippen LogP contribution in [0.1, 0.15) is 51.9 Å². The van der Waals surface area contributed by atoms with Gasteiger partial charge in [-0.1, -0.05) is 19.8 Å². The fraction of sp³-hybridized carbons (Fsp3) is 0.750. The van der Waals surface area contributed by atoms with E-state index in [0.717, 1.165) is 37.1 Å². The molecule has 0 radical (unpaired) electrons. The molecule has 2 heterocycles. The highest BCUT2D eigenvalue weighted by Crippen LogP contribution is 2.37. The molecule has 20 heavy (non-hydrogen) atoms. The van der Waals surface area contributed by atoms with Crippen molar-refractivity contribution >= 4 is 11.6 Å². The molecule has 1 saturated carbocycles. The summed E-state index contributed by atoms with van der Waals surface area (Å²) in [6, 6.07) is 0.702. The smallest absolute Gasteiger partial charge is 0.149 e. The van der Waals surface area contributed by atoms with E-state index in [4.69, 9.17) is 4.98 Å². The molecule has 1 atom stereocenters. The minimum atomic E-state index is 0.702. The molecule has 1 saturated heterocycles. The Morgan fingerprint density at radius 3 is 2.85 bits per heavy atom. The largest absolute Gasteiger partial charge is 0.369 e. The third kappa shape index (κ3) is 2.89. The van der Waals surface area contributed by atoms with Gasteiger partial charge in [0.05, 0.1) is 12.4 Å². The first kappa shape index (κ1) is 13.7. The van der Waals surface area contributed by atoms with Gasteiger partial charge in [-0.2, -0.15) is 0 Å². The second-order valence-electron chi connectivity index (χ2n) is 6.14. The van der Waals surface area contributed by atoms with Gasteiger partial charge in [0.15, 0.2) is 0 Å². The summed E-state index contributed by atoms with van der Waals surface area (Å²) >= 11 is 0. The van der Waals surface area contributed by atoms with Gasteiger partial charge in [0.25, 0.3) is 0 Å². The maximum absolute atomic E-state index is 4.77. The summed E-state index contributed by atoms with van der Waals surface area (Å²) in [7, 11) is 0. The van der Waals surface area contributed by atoms with E-state index in [0.29, 0.717) is 6.04 Å². The zero-order valence-electron chi connectivity index (χ0n) is 12.5. The van der Waals surface area contributed by atoms with Crippen LogP contribution in [-0.2, 0) is 0 Å². The van der Waals surface area contributed by atoms with Gasteiger partial charge >= 0.3 is 0 Å². The fourth-order valence-electron chi connectivity index (χ4n) is 3.74. The highest BCUT2D eigenvalue weighted by Gasteiger charge is 2.34. The summed E-state index contributed by atoms with van der Waals surface area (Å²) in [5.41, 5.74) is 0. The Morgan fingerprint density at radius 2 is 2.05 bits per heavy atom. The van der Waals surface area contributed by atoms with E-state index < -0.39 is 0 Å². The minimum Gasteiger partial charge on any atom is -0.369 e. The van der Waals surface area contributed by atoms with Gasteiger partial charge < -0.3 is 10.2 Å². The van der Waals surface area contributed by atoms with Crippen molar-refractivity contribution in [2.45, 2.75) is 57.9 Å². The van der Waals surface area contributed by atoms with Crippen LogP contribution in [-0.4, -0.2) is 29.1 Å². The van der Waals surface area contributed by atoms with Gasteiger partial charge in [-0.25, -0.2) is 4.98 Å². The van der Waals surface area contributed by atoms with E-state index in [1.54, 1.807) is 0 Å². The molecule has 110 valence electrons. The average molecular weight is 274 g/mol. The van der Waals surface area contributed by atoms with Crippen molar-refractivity contribution in [1.82, 2.24) is 9.97 Å². The topological polar surface area (TPSA) is 41.1 Å². The average Bonchev–Trinajstić information content (AvgIpc) is 3.15. The van der Waals surface area contributed by atoms with Crippen molar-refractivity contribution in [2.75, 3.05) is 23.3 Å². The van der Waals surface area contributed by atoms with Gasteiger partial charge in [-0.15, -0.1) is 0 Å². The second-order valence-corrected chi connectivity index (χ2v) is 6.14. The van der Waals surface area contributed by atoms with Crippen molar-refractivity contribution in [3.8, 4) is 0 Å². The molecule has 2 aliphatic rings. The number of hydrogen-bond acceptors (Lipinski definition) is 4. The zero-order valence-corrected chi connectivity index (χ0v) is 12.5. The predicted octanol–water partition coefficient (Wildman–Crippen LogP) is 3.46. The van der Waals surface area contributed by atoms with Gasteiger partial charge in [-0.3, -0.25) is 4.98 Å². The third-order valence-corrected chi connectivity index (χ3v) is 4.72. The van der Waals surface area contributed by atoms with Crippen LogP contribution in [0.4, 0.5) is 11.6 Å². The fourth-order valence-corrected chi connectivity index (χ4v) is 3.74. The van der Waals surface area contributed by atoms with Crippen LogP contribution >= 0.6 is 0 Å².